The number of carbonyl (C=O) groups excluding carboxylic acids is 1. The summed E-state index contributed by atoms with van der Waals surface area (Å²) in [6, 6.07) is 12.5. The van der Waals surface area contributed by atoms with Crippen molar-refractivity contribution in [3.05, 3.63) is 35.9 Å². The van der Waals surface area contributed by atoms with E-state index in [1.807, 2.05) is 32.0 Å². The largest absolute Gasteiger partial charge is 0.301 e. The van der Waals surface area contributed by atoms with E-state index in [2.05, 4.69) is 36.9 Å². The van der Waals surface area contributed by atoms with Crippen LogP contribution in [-0.4, -0.2) is 23.3 Å². The molecule has 21 heavy (non-hydrogen) atoms. The molecule has 1 heterocycles. The quantitative estimate of drug-likeness (QED) is 0.794. The summed E-state index contributed by atoms with van der Waals surface area (Å²) in [5, 5.41) is 9.74. The zero-order valence-electron chi connectivity index (χ0n) is 13.3. The molecule has 1 aliphatic heterocycles. The van der Waals surface area contributed by atoms with E-state index in [1.54, 1.807) is 0 Å². The minimum Gasteiger partial charge on any atom is -0.301 e. The Morgan fingerprint density at radius 1 is 1.38 bits per heavy atom. The van der Waals surface area contributed by atoms with Crippen LogP contribution in [0.1, 0.15) is 45.7 Å². The number of hydrogen-bond acceptors (Lipinski definition) is 3. The fraction of sp³-hybridized carbons (Fsp3) is 0.556. The molecule has 3 heteroatoms. The van der Waals surface area contributed by atoms with Gasteiger partial charge in [0.1, 0.15) is 6.29 Å². The molecular weight excluding hydrogens is 260 g/mol. The van der Waals surface area contributed by atoms with Crippen LogP contribution in [0.15, 0.2) is 30.3 Å². The zero-order valence-corrected chi connectivity index (χ0v) is 13.3. The molecule has 1 aromatic carbocycles. The fourth-order valence-electron chi connectivity index (χ4n) is 3.68. The fourth-order valence-corrected chi connectivity index (χ4v) is 3.68. The van der Waals surface area contributed by atoms with Crippen molar-refractivity contribution in [1.29, 1.82) is 5.26 Å². The number of aldehydes is 1. The van der Waals surface area contributed by atoms with Gasteiger partial charge in [0.15, 0.2) is 0 Å². The van der Waals surface area contributed by atoms with Crippen molar-refractivity contribution < 1.29 is 4.79 Å². The normalized spacial score (nSPS) is 33.0. The lowest BCUT2D eigenvalue weighted by atomic mass is 9.78. The predicted molar refractivity (Wildman–Crippen MR) is 83.5 cm³/mol. The highest BCUT2D eigenvalue weighted by Crippen LogP contribution is 2.53. The van der Waals surface area contributed by atoms with E-state index in [-0.39, 0.29) is 6.04 Å². The zero-order chi connectivity index (χ0) is 15.7. The highest BCUT2D eigenvalue weighted by molar-refractivity contribution is 5.65. The Bertz CT molecular complexity index is 548. The maximum atomic E-state index is 11.8. The Kier molecular flexibility index (Phi) is 4.20. The van der Waals surface area contributed by atoms with Crippen LogP contribution in [0, 0.1) is 22.7 Å². The summed E-state index contributed by atoms with van der Waals surface area (Å²) in [5.41, 5.74) is -0.00554. The second-order valence-corrected chi connectivity index (χ2v) is 7.04. The third-order valence-corrected chi connectivity index (χ3v) is 4.48. The van der Waals surface area contributed by atoms with Crippen LogP contribution in [0.3, 0.4) is 0 Å². The van der Waals surface area contributed by atoms with Crippen LogP contribution < -0.4 is 0 Å². The molecular formula is C18H24N2O. The van der Waals surface area contributed by atoms with E-state index < -0.39 is 11.0 Å². The maximum Gasteiger partial charge on any atom is 0.140 e. The Hall–Kier alpha value is -1.66. The maximum absolute atomic E-state index is 11.8. The van der Waals surface area contributed by atoms with Crippen molar-refractivity contribution in [1.82, 2.24) is 4.90 Å². The van der Waals surface area contributed by atoms with Gasteiger partial charge in [0.05, 0.1) is 23.1 Å². The number of hydrogen-bond donors (Lipinski definition) is 0. The van der Waals surface area contributed by atoms with Crippen LogP contribution in [0.2, 0.25) is 0 Å². The molecule has 1 aromatic rings. The summed E-state index contributed by atoms with van der Waals surface area (Å²) in [6.45, 7) is 9.05. The van der Waals surface area contributed by atoms with E-state index in [9.17, 15) is 10.1 Å². The van der Waals surface area contributed by atoms with E-state index in [1.165, 1.54) is 0 Å². The van der Waals surface area contributed by atoms with Crippen molar-refractivity contribution in [3.8, 4) is 6.07 Å². The molecule has 0 aromatic heterocycles. The lowest BCUT2D eigenvalue weighted by Gasteiger charge is -2.37. The molecule has 2 rings (SSSR count). The summed E-state index contributed by atoms with van der Waals surface area (Å²) in [4.78, 5) is 14.0. The second-order valence-electron chi connectivity index (χ2n) is 7.04. The van der Waals surface area contributed by atoms with Gasteiger partial charge in [-0.3, -0.25) is 4.90 Å². The van der Waals surface area contributed by atoms with Gasteiger partial charge in [-0.15, -0.1) is 0 Å². The summed E-state index contributed by atoms with van der Waals surface area (Å²) in [5.74, 6) is 0.441. The average Bonchev–Trinajstić information content (AvgIpc) is 2.68. The van der Waals surface area contributed by atoms with Gasteiger partial charge < -0.3 is 4.79 Å². The highest BCUT2D eigenvalue weighted by Gasteiger charge is 2.56. The molecule has 3 unspecified atom stereocenters. The van der Waals surface area contributed by atoms with Crippen molar-refractivity contribution in [3.63, 3.8) is 0 Å². The van der Waals surface area contributed by atoms with Gasteiger partial charge in [0.2, 0.25) is 0 Å². The molecule has 0 spiro atoms. The second kappa shape index (κ2) is 5.61. The molecule has 3 atom stereocenters. The van der Waals surface area contributed by atoms with Gasteiger partial charge in [-0.05, 0) is 31.7 Å². The van der Waals surface area contributed by atoms with E-state index >= 15 is 0 Å². The molecule has 3 nitrogen and oxygen atoms in total. The number of nitriles is 1. The minimum atomic E-state index is -0.574. The number of carbonyl (C=O) groups is 1. The first-order valence-electron chi connectivity index (χ1n) is 7.55. The lowest BCUT2D eigenvalue weighted by molar-refractivity contribution is -0.117. The van der Waals surface area contributed by atoms with Crippen molar-refractivity contribution in [2.24, 2.45) is 11.3 Å². The van der Waals surface area contributed by atoms with Gasteiger partial charge in [-0.2, -0.15) is 5.26 Å². The van der Waals surface area contributed by atoms with E-state index in [0.717, 1.165) is 18.4 Å². The predicted octanol–water partition coefficient (Wildman–Crippen LogP) is 3.58. The summed E-state index contributed by atoms with van der Waals surface area (Å²) < 4.78 is 0. The van der Waals surface area contributed by atoms with Gasteiger partial charge in [0, 0.05) is 6.54 Å². The minimum absolute atomic E-state index is 0.0405. The van der Waals surface area contributed by atoms with Gasteiger partial charge in [0.25, 0.3) is 0 Å². The third-order valence-electron chi connectivity index (χ3n) is 4.48. The van der Waals surface area contributed by atoms with Crippen LogP contribution in [0.25, 0.3) is 0 Å². The Balaban J connectivity index is 2.54. The molecule has 0 N–H and O–H groups in total. The number of nitrogens with zero attached hydrogens (tertiary/aromatic N) is 2. The molecule has 112 valence electrons. The monoisotopic (exact) mass is 284 g/mol. The highest BCUT2D eigenvalue weighted by atomic mass is 16.1. The van der Waals surface area contributed by atoms with Crippen LogP contribution in [0.5, 0.6) is 0 Å². The molecule has 0 saturated carbocycles. The Morgan fingerprint density at radius 3 is 2.48 bits per heavy atom. The van der Waals surface area contributed by atoms with E-state index in [0.29, 0.717) is 12.3 Å². The third kappa shape index (κ3) is 2.73. The topological polar surface area (TPSA) is 44.1 Å². The van der Waals surface area contributed by atoms with Crippen LogP contribution in [-0.2, 0) is 4.79 Å². The molecule has 1 fully saturated rings. The number of likely N-dealkylation sites (tertiary alicyclic amines) is 1. The molecule has 0 radical (unpaired) electrons. The lowest BCUT2D eigenvalue weighted by Crippen LogP contribution is -2.45. The molecule has 1 aliphatic rings. The van der Waals surface area contributed by atoms with Gasteiger partial charge in [-0.25, -0.2) is 0 Å². The van der Waals surface area contributed by atoms with Crippen molar-refractivity contribution in [2.45, 2.75) is 45.7 Å². The first-order chi connectivity index (χ1) is 9.86. The molecule has 1 saturated heterocycles. The molecule has 0 bridgehead atoms. The smallest absolute Gasteiger partial charge is 0.140 e. The SMILES string of the molecule is CC(C)CN1C(c2ccccc2)C(C)(C#N)CC1(C)C=O. The molecule has 0 aliphatic carbocycles. The van der Waals surface area contributed by atoms with Crippen molar-refractivity contribution >= 4 is 6.29 Å². The standard InChI is InChI=1S/C18H24N2O/c1-14(2)10-20-16(15-8-6-5-7-9-15)17(3,12-19)11-18(20,4)13-21/h5-9,13-14,16H,10-11H2,1-4H3. The summed E-state index contributed by atoms with van der Waals surface area (Å²) in [7, 11) is 0. The number of benzene rings is 1. The Labute approximate surface area is 127 Å². The van der Waals surface area contributed by atoms with Crippen LogP contribution in [0.4, 0.5) is 0 Å². The first-order valence-corrected chi connectivity index (χ1v) is 7.55. The van der Waals surface area contributed by atoms with E-state index in [4.69, 9.17) is 0 Å². The number of rotatable bonds is 4. The van der Waals surface area contributed by atoms with Gasteiger partial charge >= 0.3 is 0 Å². The summed E-state index contributed by atoms with van der Waals surface area (Å²) in [6.07, 6.45) is 1.60. The Morgan fingerprint density at radius 2 is 2.00 bits per heavy atom. The van der Waals surface area contributed by atoms with Crippen molar-refractivity contribution in [2.75, 3.05) is 6.54 Å². The molecule has 0 amide bonds. The first kappa shape index (κ1) is 15.7. The van der Waals surface area contributed by atoms with Gasteiger partial charge in [-0.1, -0.05) is 44.2 Å². The average molecular weight is 284 g/mol. The summed E-state index contributed by atoms with van der Waals surface area (Å²) >= 11 is 0. The van der Waals surface area contributed by atoms with Crippen LogP contribution >= 0.6 is 0 Å².